The van der Waals surface area contributed by atoms with Crippen molar-refractivity contribution in [3.63, 3.8) is 0 Å². The summed E-state index contributed by atoms with van der Waals surface area (Å²) in [7, 11) is 0. The number of carbonyl (C=O) groups excluding carboxylic acids is 2. The van der Waals surface area contributed by atoms with Gasteiger partial charge in [-0.05, 0) is 37.8 Å². The van der Waals surface area contributed by atoms with E-state index >= 15 is 0 Å². The van der Waals surface area contributed by atoms with Crippen molar-refractivity contribution >= 4 is 17.6 Å². The SMILES string of the molecule is CCOc1ccccc1NC(=O)N1CCCC(CNC(=O)C(C)C)C1. The van der Waals surface area contributed by atoms with E-state index in [4.69, 9.17) is 4.74 Å². The van der Waals surface area contributed by atoms with Gasteiger partial charge in [-0.15, -0.1) is 0 Å². The highest BCUT2D eigenvalue weighted by molar-refractivity contribution is 5.91. The molecule has 1 aliphatic rings. The molecule has 0 saturated carbocycles. The minimum absolute atomic E-state index is 0.0157. The number of hydrogen-bond acceptors (Lipinski definition) is 3. The fourth-order valence-electron chi connectivity index (χ4n) is 2.91. The maximum Gasteiger partial charge on any atom is 0.321 e. The molecule has 138 valence electrons. The maximum absolute atomic E-state index is 12.6. The van der Waals surface area contributed by atoms with Gasteiger partial charge in [0.05, 0.1) is 12.3 Å². The predicted octanol–water partition coefficient (Wildman–Crippen LogP) is 3.10. The lowest BCUT2D eigenvalue weighted by Crippen LogP contribution is -2.45. The molecule has 1 aromatic rings. The van der Waals surface area contributed by atoms with Gasteiger partial charge in [0.15, 0.2) is 0 Å². The van der Waals surface area contributed by atoms with Crippen LogP contribution in [-0.4, -0.2) is 43.1 Å². The highest BCUT2D eigenvalue weighted by Crippen LogP contribution is 2.25. The molecule has 0 radical (unpaired) electrons. The number of nitrogens with one attached hydrogen (secondary N) is 2. The van der Waals surface area contributed by atoms with Crippen molar-refractivity contribution in [1.29, 1.82) is 0 Å². The molecule has 1 heterocycles. The summed E-state index contributed by atoms with van der Waals surface area (Å²) in [5.41, 5.74) is 0.685. The van der Waals surface area contributed by atoms with E-state index in [0.29, 0.717) is 37.1 Å². The van der Waals surface area contributed by atoms with Gasteiger partial charge in [-0.2, -0.15) is 0 Å². The van der Waals surface area contributed by atoms with Crippen molar-refractivity contribution < 1.29 is 14.3 Å². The Labute approximate surface area is 149 Å². The second kappa shape index (κ2) is 9.30. The number of anilines is 1. The molecule has 6 nitrogen and oxygen atoms in total. The smallest absolute Gasteiger partial charge is 0.321 e. The van der Waals surface area contributed by atoms with E-state index in [-0.39, 0.29) is 17.9 Å². The van der Waals surface area contributed by atoms with Crippen LogP contribution in [0.5, 0.6) is 5.75 Å². The van der Waals surface area contributed by atoms with E-state index in [0.717, 1.165) is 19.4 Å². The molecule has 1 saturated heterocycles. The van der Waals surface area contributed by atoms with Crippen LogP contribution in [0.15, 0.2) is 24.3 Å². The van der Waals surface area contributed by atoms with E-state index in [9.17, 15) is 9.59 Å². The third-order valence-corrected chi connectivity index (χ3v) is 4.32. The Morgan fingerprint density at radius 3 is 2.80 bits per heavy atom. The summed E-state index contributed by atoms with van der Waals surface area (Å²) in [5, 5.41) is 5.91. The lowest BCUT2D eigenvalue weighted by molar-refractivity contribution is -0.124. The Kier molecular flexibility index (Phi) is 7.10. The molecule has 1 aromatic carbocycles. The molecule has 1 fully saturated rings. The summed E-state index contributed by atoms with van der Waals surface area (Å²) in [4.78, 5) is 26.1. The molecule has 0 aromatic heterocycles. The second-order valence-corrected chi connectivity index (χ2v) is 6.71. The van der Waals surface area contributed by atoms with Crippen LogP contribution in [0, 0.1) is 11.8 Å². The highest BCUT2D eigenvalue weighted by atomic mass is 16.5. The molecular weight excluding hydrogens is 318 g/mol. The molecular formula is C19H29N3O3. The standard InChI is InChI=1S/C19H29N3O3/c1-4-25-17-10-6-5-9-16(17)21-19(24)22-11-7-8-15(13-22)12-20-18(23)14(2)3/h5-6,9-10,14-15H,4,7-8,11-13H2,1-3H3,(H,20,23)(H,21,24). The summed E-state index contributed by atoms with van der Waals surface area (Å²) in [6.07, 6.45) is 1.97. The van der Waals surface area contributed by atoms with Gasteiger partial charge in [-0.3, -0.25) is 4.79 Å². The Morgan fingerprint density at radius 2 is 2.08 bits per heavy atom. The van der Waals surface area contributed by atoms with E-state index in [1.165, 1.54) is 0 Å². The van der Waals surface area contributed by atoms with E-state index in [1.54, 1.807) is 0 Å². The average Bonchev–Trinajstić information content (AvgIpc) is 2.61. The van der Waals surface area contributed by atoms with Crippen LogP contribution < -0.4 is 15.4 Å². The van der Waals surface area contributed by atoms with E-state index in [1.807, 2.05) is 49.9 Å². The fraction of sp³-hybridized carbons (Fsp3) is 0.579. The number of piperidine rings is 1. The van der Waals surface area contributed by atoms with Crippen LogP contribution in [0.4, 0.5) is 10.5 Å². The van der Waals surface area contributed by atoms with Crippen molar-refractivity contribution in [3.8, 4) is 5.75 Å². The molecule has 25 heavy (non-hydrogen) atoms. The molecule has 0 bridgehead atoms. The van der Waals surface area contributed by atoms with Crippen LogP contribution in [-0.2, 0) is 4.79 Å². The molecule has 1 atom stereocenters. The molecule has 2 N–H and O–H groups in total. The second-order valence-electron chi connectivity index (χ2n) is 6.71. The number of urea groups is 1. The van der Waals surface area contributed by atoms with E-state index < -0.39 is 0 Å². The first-order valence-corrected chi connectivity index (χ1v) is 9.06. The lowest BCUT2D eigenvalue weighted by Gasteiger charge is -2.33. The number of hydrogen-bond donors (Lipinski definition) is 2. The van der Waals surface area contributed by atoms with Crippen LogP contribution in [0.25, 0.3) is 0 Å². The summed E-state index contributed by atoms with van der Waals surface area (Å²) >= 11 is 0. The summed E-state index contributed by atoms with van der Waals surface area (Å²) < 4.78 is 5.55. The third-order valence-electron chi connectivity index (χ3n) is 4.32. The Morgan fingerprint density at radius 1 is 1.32 bits per heavy atom. The zero-order valence-electron chi connectivity index (χ0n) is 15.4. The predicted molar refractivity (Wildman–Crippen MR) is 98.8 cm³/mol. The van der Waals surface area contributed by atoms with Crippen molar-refractivity contribution in [2.45, 2.75) is 33.6 Å². The van der Waals surface area contributed by atoms with Gasteiger partial charge < -0.3 is 20.3 Å². The highest BCUT2D eigenvalue weighted by Gasteiger charge is 2.24. The number of likely N-dealkylation sites (tertiary alicyclic amines) is 1. The number of benzene rings is 1. The Hall–Kier alpha value is -2.24. The summed E-state index contributed by atoms with van der Waals surface area (Å²) in [6, 6.07) is 7.33. The first-order chi connectivity index (χ1) is 12.0. The molecule has 6 heteroatoms. The maximum atomic E-state index is 12.6. The lowest BCUT2D eigenvalue weighted by atomic mass is 9.98. The van der Waals surface area contributed by atoms with Crippen LogP contribution in [0.1, 0.15) is 33.6 Å². The molecule has 1 aliphatic heterocycles. The number of nitrogens with zero attached hydrogens (tertiary/aromatic N) is 1. The van der Waals surface area contributed by atoms with Gasteiger partial charge >= 0.3 is 6.03 Å². The normalized spacial score (nSPS) is 17.3. The number of amides is 3. The molecule has 1 unspecified atom stereocenters. The van der Waals surface area contributed by atoms with Crippen molar-refractivity contribution in [2.75, 3.05) is 31.6 Å². The van der Waals surface area contributed by atoms with Gasteiger partial charge in [0.2, 0.25) is 5.91 Å². The first-order valence-electron chi connectivity index (χ1n) is 9.06. The minimum atomic E-state index is -0.118. The Balaban J connectivity index is 1.90. The molecule has 2 rings (SSSR count). The summed E-state index contributed by atoms with van der Waals surface area (Å²) in [6.45, 7) is 8.24. The fourth-order valence-corrected chi connectivity index (χ4v) is 2.91. The largest absolute Gasteiger partial charge is 0.492 e. The Bertz CT molecular complexity index is 589. The molecule has 0 spiro atoms. The third kappa shape index (κ3) is 5.66. The molecule has 3 amide bonds. The topological polar surface area (TPSA) is 70.7 Å². The monoisotopic (exact) mass is 347 g/mol. The van der Waals surface area contributed by atoms with Crippen LogP contribution >= 0.6 is 0 Å². The van der Waals surface area contributed by atoms with Crippen molar-refractivity contribution in [2.24, 2.45) is 11.8 Å². The van der Waals surface area contributed by atoms with Crippen molar-refractivity contribution in [1.82, 2.24) is 10.2 Å². The van der Waals surface area contributed by atoms with Gasteiger partial charge in [0, 0.05) is 25.6 Å². The summed E-state index contributed by atoms with van der Waals surface area (Å²) in [5.74, 6) is 1.02. The van der Waals surface area contributed by atoms with Crippen molar-refractivity contribution in [3.05, 3.63) is 24.3 Å². The number of ether oxygens (including phenoxy) is 1. The minimum Gasteiger partial charge on any atom is -0.492 e. The van der Waals surface area contributed by atoms with Gasteiger partial charge in [0.25, 0.3) is 0 Å². The first kappa shape index (κ1) is 19.1. The zero-order valence-corrected chi connectivity index (χ0v) is 15.4. The number of rotatable bonds is 6. The van der Waals surface area contributed by atoms with E-state index in [2.05, 4.69) is 10.6 Å². The quantitative estimate of drug-likeness (QED) is 0.831. The van der Waals surface area contributed by atoms with Gasteiger partial charge in [0.1, 0.15) is 5.75 Å². The molecule has 0 aliphatic carbocycles. The van der Waals surface area contributed by atoms with Gasteiger partial charge in [-0.1, -0.05) is 26.0 Å². The van der Waals surface area contributed by atoms with Gasteiger partial charge in [-0.25, -0.2) is 4.79 Å². The average molecular weight is 347 g/mol. The van der Waals surface area contributed by atoms with Crippen LogP contribution in [0.3, 0.4) is 0 Å². The zero-order chi connectivity index (χ0) is 18.2. The number of para-hydroxylation sites is 2. The van der Waals surface area contributed by atoms with Crippen LogP contribution in [0.2, 0.25) is 0 Å². The number of carbonyl (C=O) groups is 2.